The Morgan fingerprint density at radius 1 is 1.47 bits per heavy atom. The first-order valence-corrected chi connectivity index (χ1v) is 4.50. The van der Waals surface area contributed by atoms with Gasteiger partial charge in [-0.25, -0.2) is 0 Å². The molecule has 0 aliphatic carbocycles. The average Bonchev–Trinajstić information content (AvgIpc) is 2.23. The molecule has 0 unspecified atom stereocenters. The van der Waals surface area contributed by atoms with E-state index >= 15 is 0 Å². The molecule has 1 aromatic carbocycles. The number of carbonyl (C=O) groups is 1. The van der Waals surface area contributed by atoms with E-state index in [1.165, 1.54) is 12.1 Å². The van der Waals surface area contributed by atoms with E-state index in [1.54, 1.807) is 6.07 Å². The van der Waals surface area contributed by atoms with E-state index in [0.29, 0.717) is 10.7 Å². The molecule has 0 saturated heterocycles. The Morgan fingerprint density at radius 3 is 2.67 bits per heavy atom. The van der Waals surface area contributed by atoms with Gasteiger partial charge in [0.15, 0.2) is 5.78 Å². The lowest BCUT2D eigenvalue weighted by atomic mass is 10.0. The highest BCUT2D eigenvalue weighted by molar-refractivity contribution is 6.32. The lowest BCUT2D eigenvalue weighted by molar-refractivity contribution is 0.104. The fraction of sp³-hybridized carbons (Fsp3) is 0. The number of allylic oxidation sites excluding steroid dienone is 1. The number of nitrogens with one attached hydrogen (secondary N) is 1. The minimum Gasteiger partial charge on any atom is -0.404 e. The van der Waals surface area contributed by atoms with Crippen LogP contribution in [0.25, 0.3) is 0 Å². The summed E-state index contributed by atoms with van der Waals surface area (Å²) in [5.41, 5.74) is 11.5. The smallest absolute Gasteiger partial charge is 0.198 e. The van der Waals surface area contributed by atoms with Crippen molar-refractivity contribution in [2.24, 2.45) is 5.73 Å². The Morgan fingerprint density at radius 2 is 2.13 bits per heavy atom. The molecule has 78 valence electrons. The summed E-state index contributed by atoms with van der Waals surface area (Å²) in [6, 6.07) is 4.57. The minimum absolute atomic E-state index is 0.0731. The number of benzene rings is 1. The number of nitrogens with two attached hydrogens (primary N) is 2. The molecule has 1 rings (SSSR count). The number of anilines is 1. The largest absolute Gasteiger partial charge is 0.404 e. The average molecular weight is 224 g/mol. The van der Waals surface area contributed by atoms with Crippen LogP contribution in [0.5, 0.6) is 0 Å². The predicted molar refractivity (Wildman–Crippen MR) is 61.2 cm³/mol. The SMILES string of the molecule is N=C/C(=C\N)C(=O)c1cc(Cl)ccc1N. The third-order valence-electron chi connectivity index (χ3n) is 1.86. The molecule has 0 bridgehead atoms. The van der Waals surface area contributed by atoms with Crippen molar-refractivity contribution in [3.63, 3.8) is 0 Å². The normalized spacial score (nSPS) is 11.1. The predicted octanol–water partition coefficient (Wildman–Crippen LogP) is 1.60. The fourth-order valence-electron chi connectivity index (χ4n) is 1.07. The molecule has 1 aromatic rings. The van der Waals surface area contributed by atoms with E-state index in [2.05, 4.69) is 0 Å². The molecule has 5 N–H and O–H groups in total. The third-order valence-corrected chi connectivity index (χ3v) is 2.09. The van der Waals surface area contributed by atoms with Crippen LogP contribution < -0.4 is 11.5 Å². The lowest BCUT2D eigenvalue weighted by Gasteiger charge is -2.04. The number of carbonyl (C=O) groups excluding carboxylic acids is 1. The van der Waals surface area contributed by atoms with Crippen molar-refractivity contribution in [2.75, 3.05) is 5.73 Å². The van der Waals surface area contributed by atoms with E-state index in [-0.39, 0.29) is 11.1 Å². The summed E-state index contributed by atoms with van der Waals surface area (Å²) in [5.74, 6) is -0.410. The van der Waals surface area contributed by atoms with E-state index in [4.69, 9.17) is 28.5 Å². The Hall–Kier alpha value is -1.81. The number of hydrogen-bond donors (Lipinski definition) is 3. The molecule has 15 heavy (non-hydrogen) atoms. The molecular weight excluding hydrogens is 214 g/mol. The van der Waals surface area contributed by atoms with Gasteiger partial charge in [-0.1, -0.05) is 11.6 Å². The highest BCUT2D eigenvalue weighted by Crippen LogP contribution is 2.20. The quantitative estimate of drug-likeness (QED) is 0.314. The lowest BCUT2D eigenvalue weighted by Crippen LogP contribution is -2.09. The van der Waals surface area contributed by atoms with Gasteiger partial charge in [-0.3, -0.25) is 4.79 Å². The van der Waals surface area contributed by atoms with Crippen molar-refractivity contribution < 1.29 is 4.79 Å². The van der Waals surface area contributed by atoms with Crippen LogP contribution in [0, 0.1) is 5.41 Å². The fourth-order valence-corrected chi connectivity index (χ4v) is 1.24. The third kappa shape index (κ3) is 2.35. The van der Waals surface area contributed by atoms with Gasteiger partial charge < -0.3 is 16.9 Å². The summed E-state index contributed by atoms with van der Waals surface area (Å²) in [6.07, 6.45) is 1.94. The minimum atomic E-state index is -0.410. The zero-order valence-corrected chi connectivity index (χ0v) is 8.58. The first kappa shape index (κ1) is 11.3. The zero-order chi connectivity index (χ0) is 11.4. The second kappa shape index (κ2) is 4.61. The van der Waals surface area contributed by atoms with Gasteiger partial charge in [-0.05, 0) is 18.2 Å². The zero-order valence-electron chi connectivity index (χ0n) is 7.83. The summed E-state index contributed by atoms with van der Waals surface area (Å²) in [5, 5.41) is 7.41. The van der Waals surface area contributed by atoms with Gasteiger partial charge in [0.25, 0.3) is 0 Å². The Bertz CT molecular complexity index is 440. The van der Waals surface area contributed by atoms with Crippen LogP contribution in [0.3, 0.4) is 0 Å². The molecule has 0 spiro atoms. The number of halogens is 1. The highest BCUT2D eigenvalue weighted by Gasteiger charge is 2.13. The van der Waals surface area contributed by atoms with Crippen LogP contribution >= 0.6 is 11.6 Å². The number of Topliss-reactive ketones (excluding diaryl/α,β-unsaturated/α-hetero) is 1. The van der Waals surface area contributed by atoms with Gasteiger partial charge in [-0.2, -0.15) is 0 Å². The standard InChI is InChI=1S/C10H10ClN3O/c11-7-1-2-9(14)8(3-7)10(15)6(4-12)5-13/h1-5,12H,13-14H2/b6-5+,12-4?. The summed E-state index contributed by atoms with van der Waals surface area (Å²) in [7, 11) is 0. The Kier molecular flexibility index (Phi) is 3.46. The first-order chi connectivity index (χ1) is 7.10. The molecule has 0 aliphatic heterocycles. The molecular formula is C10H10ClN3O. The summed E-state index contributed by atoms with van der Waals surface area (Å²) >= 11 is 5.74. The van der Waals surface area contributed by atoms with Gasteiger partial charge in [-0.15, -0.1) is 0 Å². The molecule has 0 radical (unpaired) electrons. The van der Waals surface area contributed by atoms with E-state index in [9.17, 15) is 4.79 Å². The second-order valence-electron chi connectivity index (χ2n) is 2.83. The highest BCUT2D eigenvalue weighted by atomic mass is 35.5. The summed E-state index contributed by atoms with van der Waals surface area (Å²) in [4.78, 5) is 11.7. The molecule has 0 fully saturated rings. The van der Waals surface area contributed by atoms with Crippen molar-refractivity contribution in [3.05, 3.63) is 40.6 Å². The molecule has 0 aliphatic rings. The van der Waals surface area contributed by atoms with Gasteiger partial charge in [0, 0.05) is 28.7 Å². The second-order valence-corrected chi connectivity index (χ2v) is 3.26. The van der Waals surface area contributed by atoms with Crippen LogP contribution in [-0.2, 0) is 0 Å². The monoisotopic (exact) mass is 223 g/mol. The number of rotatable bonds is 3. The van der Waals surface area contributed by atoms with Crippen LogP contribution in [0.1, 0.15) is 10.4 Å². The first-order valence-electron chi connectivity index (χ1n) is 4.12. The topological polar surface area (TPSA) is 93.0 Å². The van der Waals surface area contributed by atoms with Crippen molar-refractivity contribution in [1.29, 1.82) is 5.41 Å². The molecule has 0 atom stereocenters. The van der Waals surface area contributed by atoms with Crippen molar-refractivity contribution in [1.82, 2.24) is 0 Å². The maximum atomic E-state index is 11.7. The van der Waals surface area contributed by atoms with Gasteiger partial charge in [0.2, 0.25) is 0 Å². The van der Waals surface area contributed by atoms with Crippen molar-refractivity contribution >= 4 is 29.3 Å². The van der Waals surface area contributed by atoms with Crippen molar-refractivity contribution in [3.8, 4) is 0 Å². The molecule has 5 heteroatoms. The maximum Gasteiger partial charge on any atom is 0.198 e. The molecule has 0 saturated carbocycles. The van der Waals surface area contributed by atoms with Crippen LogP contribution in [0.15, 0.2) is 30.0 Å². The summed E-state index contributed by atoms with van der Waals surface area (Å²) < 4.78 is 0. The van der Waals surface area contributed by atoms with Crippen molar-refractivity contribution in [2.45, 2.75) is 0 Å². The van der Waals surface area contributed by atoms with Gasteiger partial charge >= 0.3 is 0 Å². The van der Waals surface area contributed by atoms with Gasteiger partial charge in [0.05, 0.1) is 5.57 Å². The Balaban J connectivity index is 3.22. The van der Waals surface area contributed by atoms with Gasteiger partial charge in [0.1, 0.15) is 0 Å². The van der Waals surface area contributed by atoms with E-state index in [0.717, 1.165) is 12.4 Å². The number of ketones is 1. The van der Waals surface area contributed by atoms with E-state index < -0.39 is 5.78 Å². The number of hydrogen-bond acceptors (Lipinski definition) is 4. The maximum absolute atomic E-state index is 11.7. The van der Waals surface area contributed by atoms with Crippen LogP contribution in [0.2, 0.25) is 5.02 Å². The van der Waals surface area contributed by atoms with Crippen LogP contribution in [0.4, 0.5) is 5.69 Å². The molecule has 4 nitrogen and oxygen atoms in total. The molecule has 0 heterocycles. The molecule has 0 aromatic heterocycles. The summed E-state index contributed by atoms with van der Waals surface area (Å²) in [6.45, 7) is 0. The molecule has 0 amide bonds. The number of nitrogen functional groups attached to an aromatic ring is 1. The Labute approximate surface area is 92.0 Å². The van der Waals surface area contributed by atoms with E-state index in [1.807, 2.05) is 0 Å². The van der Waals surface area contributed by atoms with Crippen LogP contribution in [-0.4, -0.2) is 12.0 Å².